The summed E-state index contributed by atoms with van der Waals surface area (Å²) in [7, 11) is 3.11. The molecule has 0 saturated heterocycles. The summed E-state index contributed by atoms with van der Waals surface area (Å²) >= 11 is 1.25. The van der Waals surface area contributed by atoms with Gasteiger partial charge in [-0.25, -0.2) is 0 Å². The minimum absolute atomic E-state index is 0.0126. The Bertz CT molecular complexity index is 1370. The largest absolute Gasteiger partial charge is 0.494 e. The van der Waals surface area contributed by atoms with Crippen LogP contribution in [0.25, 0.3) is 0 Å². The normalized spacial score (nSPS) is 18.1. The molecule has 2 N–H and O–H groups in total. The summed E-state index contributed by atoms with van der Waals surface area (Å²) in [6, 6.07) is 14.9. The lowest BCUT2D eigenvalue weighted by atomic mass is 9.69. The fraction of sp³-hybridized carbons (Fsp3) is 0.367. The molecule has 9 heteroatoms. The Labute approximate surface area is 233 Å². The first-order valence-electron chi connectivity index (χ1n) is 12.7. The number of anilines is 1. The van der Waals surface area contributed by atoms with Gasteiger partial charge < -0.3 is 24.8 Å². The summed E-state index contributed by atoms with van der Waals surface area (Å²) in [5.41, 5.74) is 2.97. The fourth-order valence-electron chi connectivity index (χ4n) is 4.99. The molecule has 8 nitrogen and oxygen atoms in total. The van der Waals surface area contributed by atoms with Gasteiger partial charge in [-0.2, -0.15) is 5.26 Å². The quantitative estimate of drug-likeness (QED) is 0.421. The van der Waals surface area contributed by atoms with Gasteiger partial charge in [-0.05, 0) is 60.7 Å². The highest BCUT2D eigenvalue weighted by Crippen LogP contribution is 2.48. The van der Waals surface area contributed by atoms with Crippen molar-refractivity contribution < 1.29 is 23.8 Å². The van der Waals surface area contributed by atoms with Crippen molar-refractivity contribution in [3.05, 3.63) is 69.9 Å². The number of hydrogen-bond donors (Lipinski definition) is 2. The maximum absolute atomic E-state index is 13.4. The number of carbonyl (C=O) groups is 2. The van der Waals surface area contributed by atoms with Gasteiger partial charge >= 0.3 is 0 Å². The average molecular weight is 548 g/mol. The minimum atomic E-state index is -0.577. The number of carbonyl (C=O) groups excluding carboxylic acids is 2. The zero-order chi connectivity index (χ0) is 28.2. The lowest BCUT2D eigenvalue weighted by Gasteiger charge is -2.39. The zero-order valence-electron chi connectivity index (χ0n) is 22.8. The average Bonchev–Trinajstić information content (AvgIpc) is 2.91. The molecule has 1 atom stereocenters. The van der Waals surface area contributed by atoms with Gasteiger partial charge in [0, 0.05) is 23.4 Å². The summed E-state index contributed by atoms with van der Waals surface area (Å²) in [6.45, 7) is 6.59. The van der Waals surface area contributed by atoms with Gasteiger partial charge in [0.25, 0.3) is 0 Å². The van der Waals surface area contributed by atoms with E-state index in [0.29, 0.717) is 52.8 Å². The Balaban J connectivity index is 1.64. The van der Waals surface area contributed by atoms with Gasteiger partial charge in [0.2, 0.25) is 5.91 Å². The maximum atomic E-state index is 13.4. The van der Waals surface area contributed by atoms with Crippen molar-refractivity contribution in [1.29, 1.82) is 5.26 Å². The van der Waals surface area contributed by atoms with Crippen LogP contribution < -0.4 is 24.8 Å². The van der Waals surface area contributed by atoms with E-state index in [1.54, 1.807) is 44.6 Å². The SMILES string of the molecule is CCOc1ccc(NC(=O)CSC2=C(C#N)[C@@H](c3ccc(OC)c(OC)c3)C3=C(CC(C)(C)CC3=O)N2)cc1. The van der Waals surface area contributed by atoms with Crippen LogP contribution >= 0.6 is 11.8 Å². The number of nitrogens with zero attached hydrogens (tertiary/aromatic N) is 1. The lowest BCUT2D eigenvalue weighted by molar-refractivity contribution is -0.118. The first-order valence-corrected chi connectivity index (χ1v) is 13.7. The number of rotatable bonds is 9. The number of hydrogen-bond acceptors (Lipinski definition) is 8. The van der Waals surface area contributed by atoms with E-state index in [4.69, 9.17) is 14.2 Å². The number of nitrogens with one attached hydrogen (secondary N) is 2. The number of ether oxygens (including phenoxy) is 3. The molecule has 2 aliphatic rings. The summed E-state index contributed by atoms with van der Waals surface area (Å²) < 4.78 is 16.4. The second kappa shape index (κ2) is 11.9. The number of methoxy groups -OCH3 is 2. The lowest BCUT2D eigenvalue weighted by Crippen LogP contribution is -2.37. The van der Waals surface area contributed by atoms with Crippen LogP contribution in [0.3, 0.4) is 0 Å². The van der Waals surface area contributed by atoms with Crippen molar-refractivity contribution in [2.24, 2.45) is 5.41 Å². The number of dihydropyridines is 1. The number of Topliss-reactive ketones (excluding diaryl/α,β-unsaturated/α-hetero) is 1. The van der Waals surface area contributed by atoms with Crippen LogP contribution in [0.15, 0.2) is 64.3 Å². The van der Waals surface area contributed by atoms with Gasteiger partial charge in [-0.1, -0.05) is 31.7 Å². The number of allylic oxidation sites excluding steroid dienone is 3. The van der Waals surface area contributed by atoms with Crippen molar-refractivity contribution >= 4 is 29.1 Å². The molecule has 0 spiro atoms. The molecular weight excluding hydrogens is 514 g/mol. The van der Waals surface area contributed by atoms with Crippen molar-refractivity contribution in [3.8, 4) is 23.3 Å². The van der Waals surface area contributed by atoms with Gasteiger partial charge in [0.1, 0.15) is 5.75 Å². The highest BCUT2D eigenvalue weighted by atomic mass is 32.2. The molecule has 0 aromatic heterocycles. The summed E-state index contributed by atoms with van der Waals surface area (Å²) in [4.78, 5) is 26.3. The Morgan fingerprint density at radius 3 is 2.49 bits per heavy atom. The Morgan fingerprint density at radius 2 is 1.85 bits per heavy atom. The smallest absolute Gasteiger partial charge is 0.234 e. The highest BCUT2D eigenvalue weighted by Gasteiger charge is 2.42. The molecule has 1 amide bonds. The second-order valence-electron chi connectivity index (χ2n) is 10.2. The standard InChI is InChI=1S/C30H33N3O5S/c1-6-38-20-10-8-19(9-11-20)32-26(35)17-39-29-21(16-31)27(18-7-12-24(36-4)25(13-18)37-5)28-22(33-29)14-30(2,3)15-23(28)34/h7-13,27,33H,6,14-15,17H2,1-5H3,(H,32,35)/t27-/m1/s1. The number of thioether (sulfide) groups is 1. The van der Waals surface area contributed by atoms with Crippen LogP contribution in [0.2, 0.25) is 0 Å². The van der Waals surface area contributed by atoms with Gasteiger partial charge in [-0.3, -0.25) is 9.59 Å². The molecule has 1 aliphatic carbocycles. The molecule has 2 aromatic carbocycles. The van der Waals surface area contributed by atoms with Crippen molar-refractivity contribution in [2.45, 2.75) is 39.5 Å². The van der Waals surface area contributed by atoms with Crippen LogP contribution in [-0.4, -0.2) is 38.3 Å². The molecule has 0 radical (unpaired) electrons. The van der Waals surface area contributed by atoms with Crippen molar-refractivity contribution in [1.82, 2.24) is 5.32 Å². The van der Waals surface area contributed by atoms with Gasteiger partial charge in [-0.15, -0.1) is 0 Å². The first-order chi connectivity index (χ1) is 18.7. The summed E-state index contributed by atoms with van der Waals surface area (Å²) in [6.07, 6.45) is 1.04. The third kappa shape index (κ3) is 6.23. The molecule has 0 bridgehead atoms. The second-order valence-corrected chi connectivity index (χ2v) is 11.1. The minimum Gasteiger partial charge on any atom is -0.494 e. The molecule has 4 rings (SSSR count). The Hall–Kier alpha value is -3.90. The number of amides is 1. The van der Waals surface area contributed by atoms with E-state index in [-0.39, 0.29) is 22.9 Å². The van der Waals surface area contributed by atoms with Crippen LogP contribution in [0, 0.1) is 16.7 Å². The predicted molar refractivity (Wildman–Crippen MR) is 152 cm³/mol. The summed E-state index contributed by atoms with van der Waals surface area (Å²) in [5.74, 6) is 1.11. The van der Waals surface area contributed by atoms with Crippen molar-refractivity contribution in [2.75, 3.05) is 31.9 Å². The number of nitriles is 1. The fourth-order valence-corrected chi connectivity index (χ4v) is 5.85. The molecule has 1 heterocycles. The number of ketones is 1. The van der Waals surface area contributed by atoms with Crippen LogP contribution in [0.4, 0.5) is 5.69 Å². The predicted octanol–water partition coefficient (Wildman–Crippen LogP) is 5.54. The molecule has 39 heavy (non-hydrogen) atoms. The third-order valence-electron chi connectivity index (χ3n) is 6.66. The topological polar surface area (TPSA) is 110 Å². The van der Waals surface area contributed by atoms with E-state index in [1.807, 2.05) is 19.1 Å². The third-order valence-corrected chi connectivity index (χ3v) is 7.68. The van der Waals surface area contributed by atoms with Crippen LogP contribution in [0.5, 0.6) is 17.2 Å². The van der Waals surface area contributed by atoms with E-state index in [2.05, 4.69) is 30.6 Å². The zero-order valence-corrected chi connectivity index (χ0v) is 23.7. The van der Waals surface area contributed by atoms with E-state index < -0.39 is 5.92 Å². The molecular formula is C30H33N3O5S. The summed E-state index contributed by atoms with van der Waals surface area (Å²) in [5, 5.41) is 17.1. The monoisotopic (exact) mass is 547 g/mol. The Morgan fingerprint density at radius 1 is 1.13 bits per heavy atom. The van der Waals surface area contributed by atoms with Crippen molar-refractivity contribution in [3.63, 3.8) is 0 Å². The van der Waals surface area contributed by atoms with Crippen LogP contribution in [0.1, 0.15) is 45.1 Å². The van der Waals surface area contributed by atoms with E-state index in [9.17, 15) is 14.9 Å². The van der Waals surface area contributed by atoms with E-state index >= 15 is 0 Å². The van der Waals surface area contributed by atoms with Crippen LogP contribution in [-0.2, 0) is 9.59 Å². The molecule has 0 fully saturated rings. The highest BCUT2D eigenvalue weighted by molar-refractivity contribution is 8.03. The molecule has 204 valence electrons. The number of benzene rings is 2. The maximum Gasteiger partial charge on any atom is 0.234 e. The first kappa shape index (κ1) is 28.1. The molecule has 2 aromatic rings. The van der Waals surface area contributed by atoms with E-state index in [0.717, 1.165) is 17.0 Å². The van der Waals surface area contributed by atoms with E-state index in [1.165, 1.54) is 11.8 Å². The van der Waals surface area contributed by atoms with Gasteiger partial charge in [0.15, 0.2) is 17.3 Å². The molecule has 1 aliphatic heterocycles. The van der Waals surface area contributed by atoms with Gasteiger partial charge in [0.05, 0.1) is 49.2 Å². The molecule has 0 saturated carbocycles. The molecule has 0 unspecified atom stereocenters. The Kier molecular flexibility index (Phi) is 8.56.